The molecule has 0 amide bonds. The van der Waals surface area contributed by atoms with Crippen molar-refractivity contribution in [3.05, 3.63) is 29.6 Å². The van der Waals surface area contributed by atoms with Crippen molar-refractivity contribution in [2.75, 3.05) is 45.2 Å². The molecule has 0 saturated carbocycles. The van der Waals surface area contributed by atoms with Crippen LogP contribution in [-0.2, 0) is 6.42 Å². The van der Waals surface area contributed by atoms with Crippen LogP contribution in [0.3, 0.4) is 0 Å². The molecule has 1 saturated heterocycles. The molecule has 1 aromatic rings. The summed E-state index contributed by atoms with van der Waals surface area (Å²) in [5, 5.41) is 0. The van der Waals surface area contributed by atoms with Gasteiger partial charge in [0.15, 0.2) is 0 Å². The summed E-state index contributed by atoms with van der Waals surface area (Å²) < 4.78 is 14.1. The average molecular weight is 279 g/mol. The quantitative estimate of drug-likeness (QED) is 0.896. The minimum absolute atomic E-state index is 0.133. The third kappa shape index (κ3) is 3.93. The standard InChI is InChI=1S/C16H26FN3/c1-19-9-6-14(7-10-19)12-20(2)16-4-3-13(5-8-18)11-15(16)17/h3-4,11,14H,5-10,12,18H2,1-2H3. The lowest BCUT2D eigenvalue weighted by Crippen LogP contribution is -2.36. The first kappa shape index (κ1) is 15.3. The molecule has 1 fully saturated rings. The third-order valence-electron chi connectivity index (χ3n) is 4.23. The minimum Gasteiger partial charge on any atom is -0.372 e. The fourth-order valence-electron chi connectivity index (χ4n) is 2.91. The maximum absolute atomic E-state index is 14.1. The maximum atomic E-state index is 14.1. The van der Waals surface area contributed by atoms with Crippen LogP contribution in [0.25, 0.3) is 0 Å². The van der Waals surface area contributed by atoms with Crippen LogP contribution >= 0.6 is 0 Å². The van der Waals surface area contributed by atoms with E-state index in [0.29, 0.717) is 18.2 Å². The Morgan fingerprint density at radius 3 is 2.65 bits per heavy atom. The molecule has 1 aliphatic heterocycles. The molecule has 1 aromatic carbocycles. The molecule has 0 radical (unpaired) electrons. The van der Waals surface area contributed by atoms with Crippen molar-refractivity contribution >= 4 is 5.69 Å². The number of hydrogen-bond donors (Lipinski definition) is 1. The molecule has 0 aliphatic carbocycles. The Bertz CT molecular complexity index is 428. The highest BCUT2D eigenvalue weighted by Gasteiger charge is 2.19. The van der Waals surface area contributed by atoms with Gasteiger partial charge in [-0.15, -0.1) is 0 Å². The Hall–Kier alpha value is -1.13. The van der Waals surface area contributed by atoms with Crippen molar-refractivity contribution in [2.24, 2.45) is 11.7 Å². The number of rotatable bonds is 5. The number of nitrogens with two attached hydrogens (primary N) is 1. The van der Waals surface area contributed by atoms with Gasteiger partial charge in [0.2, 0.25) is 0 Å². The molecule has 0 spiro atoms. The molecule has 112 valence electrons. The molecule has 0 aromatic heterocycles. The Kier molecular flexibility index (Phi) is 5.38. The second-order valence-corrected chi connectivity index (χ2v) is 5.95. The van der Waals surface area contributed by atoms with E-state index in [4.69, 9.17) is 5.73 Å². The van der Waals surface area contributed by atoms with E-state index in [1.165, 1.54) is 12.8 Å². The van der Waals surface area contributed by atoms with Gasteiger partial charge in [-0.25, -0.2) is 4.39 Å². The average Bonchev–Trinajstić information content (AvgIpc) is 2.42. The van der Waals surface area contributed by atoms with Crippen LogP contribution in [0, 0.1) is 11.7 Å². The van der Waals surface area contributed by atoms with E-state index >= 15 is 0 Å². The molecule has 2 N–H and O–H groups in total. The zero-order chi connectivity index (χ0) is 14.5. The zero-order valence-electron chi connectivity index (χ0n) is 12.6. The molecule has 1 heterocycles. The lowest BCUT2D eigenvalue weighted by atomic mass is 9.96. The van der Waals surface area contributed by atoms with Crippen LogP contribution in [0.2, 0.25) is 0 Å². The van der Waals surface area contributed by atoms with Crippen molar-refractivity contribution in [2.45, 2.75) is 19.3 Å². The molecule has 0 bridgehead atoms. The van der Waals surface area contributed by atoms with Gasteiger partial charge >= 0.3 is 0 Å². The van der Waals surface area contributed by atoms with Gasteiger partial charge in [0.1, 0.15) is 5.82 Å². The molecule has 2 rings (SSSR count). The lowest BCUT2D eigenvalue weighted by molar-refractivity contribution is 0.222. The number of hydrogen-bond acceptors (Lipinski definition) is 3. The predicted octanol–water partition coefficient (Wildman–Crippen LogP) is 2.10. The van der Waals surface area contributed by atoms with Gasteiger partial charge in [0.05, 0.1) is 5.69 Å². The van der Waals surface area contributed by atoms with Gasteiger partial charge in [0.25, 0.3) is 0 Å². The minimum atomic E-state index is -0.133. The number of piperidine rings is 1. The first-order valence-electron chi connectivity index (χ1n) is 7.48. The van der Waals surface area contributed by atoms with E-state index in [0.717, 1.165) is 31.6 Å². The highest BCUT2D eigenvalue weighted by molar-refractivity contribution is 5.48. The smallest absolute Gasteiger partial charge is 0.146 e. The summed E-state index contributed by atoms with van der Waals surface area (Å²) in [4.78, 5) is 4.41. The molecule has 1 aliphatic rings. The van der Waals surface area contributed by atoms with E-state index in [-0.39, 0.29) is 5.82 Å². The second kappa shape index (κ2) is 7.04. The van der Waals surface area contributed by atoms with Crippen LogP contribution in [0.15, 0.2) is 18.2 Å². The molecule has 0 atom stereocenters. The first-order valence-corrected chi connectivity index (χ1v) is 7.48. The summed E-state index contributed by atoms with van der Waals surface area (Å²) in [5.41, 5.74) is 7.18. The van der Waals surface area contributed by atoms with Crippen LogP contribution in [0.1, 0.15) is 18.4 Å². The topological polar surface area (TPSA) is 32.5 Å². The Morgan fingerprint density at radius 1 is 1.35 bits per heavy atom. The monoisotopic (exact) mass is 279 g/mol. The lowest BCUT2D eigenvalue weighted by Gasteiger charge is -2.32. The number of nitrogens with zero attached hydrogens (tertiary/aromatic N) is 2. The Labute approximate surface area is 121 Å². The van der Waals surface area contributed by atoms with Crippen molar-refractivity contribution in [3.63, 3.8) is 0 Å². The summed E-state index contributed by atoms with van der Waals surface area (Å²) in [5.74, 6) is 0.533. The number of likely N-dealkylation sites (tertiary alicyclic amines) is 1. The Morgan fingerprint density at radius 2 is 2.05 bits per heavy atom. The molecular weight excluding hydrogens is 253 g/mol. The first-order chi connectivity index (χ1) is 9.60. The maximum Gasteiger partial charge on any atom is 0.146 e. The van der Waals surface area contributed by atoms with Crippen molar-refractivity contribution in [1.82, 2.24) is 4.90 Å². The molecule has 0 unspecified atom stereocenters. The number of halogens is 1. The number of benzene rings is 1. The van der Waals surface area contributed by atoms with Crippen molar-refractivity contribution < 1.29 is 4.39 Å². The predicted molar refractivity (Wildman–Crippen MR) is 82.6 cm³/mol. The summed E-state index contributed by atoms with van der Waals surface area (Å²) in [6.45, 7) is 3.79. The normalized spacial score (nSPS) is 17.4. The van der Waals surface area contributed by atoms with Crippen LogP contribution in [-0.4, -0.2) is 45.2 Å². The molecule has 4 heteroatoms. The molecular formula is C16H26FN3. The van der Waals surface area contributed by atoms with Crippen molar-refractivity contribution in [3.8, 4) is 0 Å². The van der Waals surface area contributed by atoms with Gasteiger partial charge in [-0.1, -0.05) is 6.07 Å². The fourth-order valence-corrected chi connectivity index (χ4v) is 2.91. The van der Waals surface area contributed by atoms with Gasteiger partial charge in [-0.05, 0) is 69.6 Å². The van der Waals surface area contributed by atoms with E-state index in [9.17, 15) is 4.39 Å². The Balaban J connectivity index is 1.96. The van der Waals surface area contributed by atoms with E-state index in [1.807, 2.05) is 19.2 Å². The molecule has 20 heavy (non-hydrogen) atoms. The highest BCUT2D eigenvalue weighted by atomic mass is 19.1. The SMILES string of the molecule is CN1CCC(CN(C)c2ccc(CCN)cc2F)CC1. The fraction of sp³-hybridized carbons (Fsp3) is 0.625. The summed E-state index contributed by atoms with van der Waals surface area (Å²) in [6.07, 6.45) is 3.14. The second-order valence-electron chi connectivity index (χ2n) is 5.95. The van der Waals surface area contributed by atoms with Gasteiger partial charge < -0.3 is 15.5 Å². The summed E-state index contributed by atoms with van der Waals surface area (Å²) in [6, 6.07) is 5.49. The highest BCUT2D eigenvalue weighted by Crippen LogP contribution is 2.23. The number of anilines is 1. The largest absolute Gasteiger partial charge is 0.372 e. The van der Waals surface area contributed by atoms with E-state index in [1.54, 1.807) is 6.07 Å². The van der Waals surface area contributed by atoms with E-state index in [2.05, 4.69) is 16.8 Å². The van der Waals surface area contributed by atoms with Crippen LogP contribution in [0.5, 0.6) is 0 Å². The molecule has 3 nitrogen and oxygen atoms in total. The van der Waals surface area contributed by atoms with Gasteiger partial charge in [-0.3, -0.25) is 0 Å². The third-order valence-corrected chi connectivity index (χ3v) is 4.23. The van der Waals surface area contributed by atoms with Crippen LogP contribution < -0.4 is 10.6 Å². The summed E-state index contributed by atoms with van der Waals surface area (Å²) in [7, 11) is 4.15. The van der Waals surface area contributed by atoms with Crippen LogP contribution in [0.4, 0.5) is 10.1 Å². The summed E-state index contributed by atoms with van der Waals surface area (Å²) >= 11 is 0. The van der Waals surface area contributed by atoms with Gasteiger partial charge in [-0.2, -0.15) is 0 Å². The zero-order valence-corrected chi connectivity index (χ0v) is 12.6. The van der Waals surface area contributed by atoms with Crippen molar-refractivity contribution in [1.29, 1.82) is 0 Å². The van der Waals surface area contributed by atoms with E-state index < -0.39 is 0 Å². The van der Waals surface area contributed by atoms with Gasteiger partial charge in [0, 0.05) is 13.6 Å².